The number of aromatic nitrogens is 3. The van der Waals surface area contributed by atoms with E-state index >= 15 is 0 Å². The summed E-state index contributed by atoms with van der Waals surface area (Å²) >= 11 is 6.10. The van der Waals surface area contributed by atoms with Crippen molar-refractivity contribution in [3.8, 4) is 0 Å². The highest BCUT2D eigenvalue weighted by atomic mass is 35.5. The van der Waals surface area contributed by atoms with Gasteiger partial charge >= 0.3 is 0 Å². The van der Waals surface area contributed by atoms with Gasteiger partial charge in [-0.2, -0.15) is 0 Å². The number of carbonyl (C=O) groups is 2. The first-order valence-electron chi connectivity index (χ1n) is 8.61. The molecule has 2 aromatic carbocycles. The molecule has 29 heavy (non-hydrogen) atoms. The van der Waals surface area contributed by atoms with E-state index in [2.05, 4.69) is 20.9 Å². The van der Waals surface area contributed by atoms with Gasteiger partial charge in [-0.3, -0.25) is 9.59 Å². The van der Waals surface area contributed by atoms with Crippen molar-refractivity contribution in [2.24, 2.45) is 0 Å². The van der Waals surface area contributed by atoms with E-state index in [1.54, 1.807) is 24.3 Å². The summed E-state index contributed by atoms with van der Waals surface area (Å²) in [5.41, 5.74) is 7.93. The number of nitrogen functional groups attached to an aromatic ring is 1. The summed E-state index contributed by atoms with van der Waals surface area (Å²) < 4.78 is 14.0. The average molecular weight is 417 g/mol. The van der Waals surface area contributed by atoms with Crippen molar-refractivity contribution in [1.82, 2.24) is 20.3 Å². The number of hydrogen-bond donors (Lipinski definition) is 3. The number of nitrogens with one attached hydrogen (secondary N) is 2. The topological polar surface area (TPSA) is 115 Å². The smallest absolute Gasteiger partial charge is 0.275 e. The van der Waals surface area contributed by atoms with Gasteiger partial charge in [-0.1, -0.05) is 35.0 Å². The van der Waals surface area contributed by atoms with Gasteiger partial charge in [0.05, 0.1) is 10.7 Å². The van der Waals surface area contributed by atoms with Gasteiger partial charge in [0.1, 0.15) is 12.4 Å². The van der Waals surface area contributed by atoms with E-state index in [0.29, 0.717) is 16.3 Å². The van der Waals surface area contributed by atoms with Gasteiger partial charge in [0.15, 0.2) is 11.5 Å². The highest BCUT2D eigenvalue weighted by Gasteiger charge is 2.19. The molecule has 0 fully saturated rings. The van der Waals surface area contributed by atoms with E-state index in [1.165, 1.54) is 12.1 Å². The minimum atomic E-state index is -0.555. The number of rotatable bonds is 6. The molecular weight excluding hydrogens is 399 g/mol. The number of halogens is 2. The number of carbonyl (C=O) groups excluding carboxylic acids is 2. The minimum Gasteiger partial charge on any atom is -0.382 e. The van der Waals surface area contributed by atoms with Gasteiger partial charge < -0.3 is 16.4 Å². The van der Waals surface area contributed by atoms with Gasteiger partial charge in [0, 0.05) is 6.54 Å². The van der Waals surface area contributed by atoms with Crippen molar-refractivity contribution in [2.45, 2.75) is 20.0 Å². The Morgan fingerprint density at radius 2 is 1.93 bits per heavy atom. The third-order valence-corrected chi connectivity index (χ3v) is 4.36. The van der Waals surface area contributed by atoms with Crippen molar-refractivity contribution >= 4 is 34.9 Å². The number of anilines is 2. The molecule has 0 aliphatic heterocycles. The predicted octanol–water partition coefficient (Wildman–Crippen LogP) is 2.53. The fourth-order valence-electron chi connectivity index (χ4n) is 2.51. The molecule has 0 unspecified atom stereocenters. The lowest BCUT2D eigenvalue weighted by Crippen LogP contribution is -2.25. The molecule has 0 aliphatic rings. The SMILES string of the molecule is Cc1ccc(NC(=O)Cn2nnc(C(=O)NCc3ccc(F)cc3)c2N)c(Cl)c1. The predicted molar refractivity (Wildman–Crippen MR) is 107 cm³/mol. The van der Waals surface area contributed by atoms with Crippen LogP contribution in [0.5, 0.6) is 0 Å². The van der Waals surface area contributed by atoms with E-state index in [4.69, 9.17) is 17.3 Å². The Morgan fingerprint density at radius 1 is 1.21 bits per heavy atom. The first-order chi connectivity index (χ1) is 13.8. The molecule has 1 heterocycles. The number of amides is 2. The standard InChI is InChI=1S/C19H18ClFN6O2/c1-11-2-7-15(14(20)8-11)24-16(28)10-27-18(22)17(25-26-27)19(29)23-9-12-3-5-13(21)6-4-12/h2-8H,9-10,22H2,1H3,(H,23,29)(H,24,28). The number of benzene rings is 2. The number of nitrogens with two attached hydrogens (primary N) is 1. The molecular formula is C19H18ClFN6O2. The van der Waals surface area contributed by atoms with Crippen LogP contribution in [0.15, 0.2) is 42.5 Å². The Hall–Kier alpha value is -3.46. The first kappa shape index (κ1) is 20.3. The Morgan fingerprint density at radius 3 is 2.62 bits per heavy atom. The van der Waals surface area contributed by atoms with Gasteiger partial charge in [0.25, 0.3) is 5.91 Å². The molecule has 0 saturated heterocycles. The molecule has 150 valence electrons. The molecule has 0 saturated carbocycles. The molecule has 0 bridgehead atoms. The van der Waals surface area contributed by atoms with Crippen LogP contribution in [-0.2, 0) is 17.9 Å². The second-order valence-electron chi connectivity index (χ2n) is 6.32. The maximum absolute atomic E-state index is 12.9. The lowest BCUT2D eigenvalue weighted by Gasteiger charge is -2.08. The monoisotopic (exact) mass is 416 g/mol. The lowest BCUT2D eigenvalue weighted by molar-refractivity contribution is -0.116. The summed E-state index contributed by atoms with van der Waals surface area (Å²) in [6, 6.07) is 10.9. The molecule has 1 aromatic heterocycles. The molecule has 0 spiro atoms. The van der Waals surface area contributed by atoms with E-state index in [1.807, 2.05) is 13.0 Å². The van der Waals surface area contributed by atoms with E-state index in [0.717, 1.165) is 10.2 Å². The maximum Gasteiger partial charge on any atom is 0.275 e. The summed E-state index contributed by atoms with van der Waals surface area (Å²) in [7, 11) is 0. The Labute approximate surface area is 170 Å². The van der Waals surface area contributed by atoms with Gasteiger partial charge in [0.2, 0.25) is 5.91 Å². The summed E-state index contributed by atoms with van der Waals surface area (Å²) in [5, 5.41) is 13.2. The van der Waals surface area contributed by atoms with Crippen LogP contribution in [-0.4, -0.2) is 26.8 Å². The zero-order chi connectivity index (χ0) is 21.0. The fraction of sp³-hybridized carbons (Fsp3) is 0.158. The van der Waals surface area contributed by atoms with Crippen LogP contribution in [0.3, 0.4) is 0 Å². The maximum atomic E-state index is 12.9. The van der Waals surface area contributed by atoms with Crippen molar-refractivity contribution in [3.63, 3.8) is 0 Å². The zero-order valence-electron chi connectivity index (χ0n) is 15.4. The molecule has 4 N–H and O–H groups in total. The minimum absolute atomic E-state index is 0.0493. The van der Waals surface area contributed by atoms with Crippen molar-refractivity contribution < 1.29 is 14.0 Å². The second-order valence-corrected chi connectivity index (χ2v) is 6.73. The third kappa shape index (κ3) is 5.08. The lowest BCUT2D eigenvalue weighted by atomic mass is 10.2. The van der Waals surface area contributed by atoms with Crippen LogP contribution in [0.4, 0.5) is 15.9 Å². The van der Waals surface area contributed by atoms with Crippen LogP contribution >= 0.6 is 11.6 Å². The van der Waals surface area contributed by atoms with Crippen molar-refractivity contribution in [1.29, 1.82) is 0 Å². The molecule has 8 nitrogen and oxygen atoms in total. The number of nitrogens with zero attached hydrogens (tertiary/aromatic N) is 3. The Kier molecular flexibility index (Phi) is 6.08. The van der Waals surface area contributed by atoms with Crippen LogP contribution < -0.4 is 16.4 Å². The van der Waals surface area contributed by atoms with Crippen LogP contribution in [0.2, 0.25) is 5.02 Å². The average Bonchev–Trinajstić information content (AvgIpc) is 3.04. The molecule has 0 radical (unpaired) electrons. The van der Waals surface area contributed by atoms with E-state index in [9.17, 15) is 14.0 Å². The highest BCUT2D eigenvalue weighted by molar-refractivity contribution is 6.33. The molecule has 0 aliphatic carbocycles. The number of hydrogen-bond acceptors (Lipinski definition) is 5. The fourth-order valence-corrected chi connectivity index (χ4v) is 2.80. The summed E-state index contributed by atoms with van der Waals surface area (Å²) in [6.07, 6.45) is 0. The summed E-state index contributed by atoms with van der Waals surface area (Å²) in [6.45, 7) is 1.81. The van der Waals surface area contributed by atoms with Crippen LogP contribution in [0.1, 0.15) is 21.6 Å². The summed E-state index contributed by atoms with van der Waals surface area (Å²) in [4.78, 5) is 24.5. The molecule has 10 heteroatoms. The largest absolute Gasteiger partial charge is 0.382 e. The highest BCUT2D eigenvalue weighted by Crippen LogP contribution is 2.22. The molecule has 3 aromatic rings. The molecule has 3 rings (SSSR count). The second kappa shape index (κ2) is 8.70. The molecule has 0 atom stereocenters. The van der Waals surface area contributed by atoms with Crippen molar-refractivity contribution in [2.75, 3.05) is 11.1 Å². The number of aryl methyl sites for hydroxylation is 1. The first-order valence-corrected chi connectivity index (χ1v) is 8.99. The van der Waals surface area contributed by atoms with Gasteiger partial charge in [-0.15, -0.1) is 5.10 Å². The zero-order valence-corrected chi connectivity index (χ0v) is 16.2. The van der Waals surface area contributed by atoms with E-state index < -0.39 is 11.8 Å². The van der Waals surface area contributed by atoms with Gasteiger partial charge in [-0.25, -0.2) is 9.07 Å². The van der Waals surface area contributed by atoms with E-state index in [-0.39, 0.29) is 30.4 Å². The van der Waals surface area contributed by atoms with Gasteiger partial charge in [-0.05, 0) is 42.3 Å². The molecule has 2 amide bonds. The quantitative estimate of drug-likeness (QED) is 0.571. The normalized spacial score (nSPS) is 10.6. The summed E-state index contributed by atoms with van der Waals surface area (Å²) in [5.74, 6) is -1.39. The van der Waals surface area contributed by atoms with Crippen molar-refractivity contribution in [3.05, 3.63) is 70.1 Å². The Bertz CT molecular complexity index is 1050. The third-order valence-electron chi connectivity index (χ3n) is 4.05. The van der Waals surface area contributed by atoms with Crippen LogP contribution in [0.25, 0.3) is 0 Å². The Balaban J connectivity index is 1.61. The van der Waals surface area contributed by atoms with Crippen LogP contribution in [0, 0.1) is 12.7 Å².